The molecule has 3 nitrogen and oxygen atoms in total. The molecule has 0 aromatic rings. The van der Waals surface area contributed by atoms with E-state index in [-0.39, 0.29) is 0 Å². The molecule has 0 spiro atoms. The van der Waals surface area contributed by atoms with Crippen molar-refractivity contribution in [1.82, 2.24) is 0 Å². The molecule has 0 fully saturated rings. The van der Waals surface area contributed by atoms with Crippen molar-refractivity contribution in [1.29, 1.82) is 0 Å². The summed E-state index contributed by atoms with van der Waals surface area (Å²) in [6.07, 6.45) is 0. The van der Waals surface area contributed by atoms with Gasteiger partial charge in [0.1, 0.15) is 0 Å². The fourth-order valence-electron chi connectivity index (χ4n) is 0. The van der Waals surface area contributed by atoms with Crippen LogP contribution in [0.5, 0.6) is 0 Å². The van der Waals surface area contributed by atoms with Crippen molar-refractivity contribution in [3.05, 3.63) is 0 Å². The maximum absolute atomic E-state index is 8.41. The Kier molecular flexibility index (Phi) is 56.3. The number of rotatable bonds is 0. The summed E-state index contributed by atoms with van der Waals surface area (Å²) >= 11 is -1.44. The first kappa shape index (κ1) is 8.93. The summed E-state index contributed by atoms with van der Waals surface area (Å²) < 4.78 is 25.1. The molecule has 0 saturated carbocycles. The molecule has 0 N–H and O–H groups in total. The van der Waals surface area contributed by atoms with E-state index in [4.69, 9.17) is 12.1 Å². The second-order valence-corrected chi connectivity index (χ2v) is 0.260. The van der Waals surface area contributed by atoms with Crippen LogP contribution in [0.3, 0.4) is 0 Å². The van der Waals surface area contributed by atoms with Gasteiger partial charge in [0.2, 0.25) is 10.1 Å². The van der Waals surface area contributed by atoms with Gasteiger partial charge in [0.25, 0.3) is 0 Å². The summed E-state index contributed by atoms with van der Waals surface area (Å²) in [7, 11) is 0.611. The summed E-state index contributed by atoms with van der Waals surface area (Å²) in [5, 5.41) is 0. The molecular weight excluding hydrogens is 131 g/mol. The minimum atomic E-state index is -1.44. The number of hydrogen-bond acceptors (Lipinski definition) is 3. The Morgan fingerprint density at radius 2 is 1.20 bits per heavy atom. The molecule has 0 aliphatic carbocycles. The van der Waals surface area contributed by atoms with Crippen LogP contribution in [0.1, 0.15) is 0 Å². The monoisotopic (exact) mass is 133 g/mol. The fourth-order valence-corrected chi connectivity index (χ4v) is 0. The summed E-state index contributed by atoms with van der Waals surface area (Å²) in [6, 6.07) is 0. The Hall–Kier alpha value is 0.136. The van der Waals surface area contributed by atoms with Gasteiger partial charge in [0.05, 0.1) is 0 Å². The first-order valence-corrected chi connectivity index (χ1v) is 2.14. The third kappa shape index (κ3) is 1020. The van der Waals surface area contributed by atoms with Crippen LogP contribution in [-0.2, 0) is 27.0 Å². The van der Waals surface area contributed by atoms with Gasteiger partial charge in [0.15, 0.2) is 0 Å². The van der Waals surface area contributed by atoms with Crippen LogP contribution in [0.15, 0.2) is 0 Å². The van der Waals surface area contributed by atoms with E-state index in [1.54, 1.807) is 0 Å². The molecule has 0 rings (SSSR count). The van der Waals surface area contributed by atoms with Gasteiger partial charge in [0, 0.05) is 0 Å². The van der Waals surface area contributed by atoms with Crippen LogP contribution < -0.4 is 0 Å². The molecule has 0 aromatic carbocycles. The van der Waals surface area contributed by atoms with Gasteiger partial charge in [-0.15, -0.1) is 0 Å². The van der Waals surface area contributed by atoms with Crippen LogP contribution >= 0.6 is 0 Å². The standard InChI is InChI=1S/Mn.H2OSi.2O/c;1-2;;/h;2H2;;. The van der Waals surface area contributed by atoms with E-state index in [1.807, 2.05) is 0 Å². The van der Waals surface area contributed by atoms with Crippen molar-refractivity contribution in [3.8, 4) is 0 Å². The molecule has 0 aromatic heterocycles. The van der Waals surface area contributed by atoms with E-state index in [0.29, 0.717) is 10.1 Å². The van der Waals surface area contributed by atoms with Crippen LogP contribution in [0.4, 0.5) is 0 Å². The van der Waals surface area contributed by atoms with E-state index in [0.717, 1.165) is 0 Å². The third-order valence-corrected chi connectivity index (χ3v) is 0. The first-order chi connectivity index (χ1) is 2.41. The summed E-state index contributed by atoms with van der Waals surface area (Å²) in [5.74, 6) is 0. The fraction of sp³-hybridized carbons (Fsp3) is 0. The Labute approximate surface area is 37.8 Å². The molecule has 0 amide bonds. The molecule has 5 heteroatoms. The van der Waals surface area contributed by atoms with Crippen molar-refractivity contribution < 1.29 is 27.0 Å². The number of hydrogen-bond donors (Lipinski definition) is 0. The Morgan fingerprint density at radius 3 is 1.20 bits per heavy atom. The predicted octanol–water partition coefficient (Wildman–Crippen LogP) is -1.28. The topological polar surface area (TPSA) is 51.2 Å². The Bertz CT molecular complexity index is 36.2. The zero-order chi connectivity index (χ0) is 4.71. The van der Waals surface area contributed by atoms with Gasteiger partial charge in [-0.25, -0.2) is 0 Å². The van der Waals surface area contributed by atoms with Gasteiger partial charge in [-0.05, 0) is 0 Å². The molecular formula is H2MnO3Si. The summed E-state index contributed by atoms with van der Waals surface area (Å²) in [5.41, 5.74) is 0. The molecule has 5 heavy (non-hydrogen) atoms. The van der Waals surface area contributed by atoms with Crippen LogP contribution in [0.2, 0.25) is 0 Å². The SMILES string of the molecule is O=[SiH2].[O]=[Mn]=[O]. The zero-order valence-electron chi connectivity index (χ0n) is 2.31. The molecule has 0 saturated heterocycles. The minimum absolute atomic E-state index is 0.611. The summed E-state index contributed by atoms with van der Waals surface area (Å²) in [6.45, 7) is 0. The maximum atomic E-state index is 8.41. The molecule has 0 aliphatic rings. The average Bonchev–Trinajstić information content (AvgIpc) is 1.46. The van der Waals surface area contributed by atoms with E-state index in [2.05, 4.69) is 0 Å². The van der Waals surface area contributed by atoms with Crippen molar-refractivity contribution in [3.63, 3.8) is 0 Å². The van der Waals surface area contributed by atoms with Gasteiger partial charge in [-0.3, -0.25) is 0 Å². The van der Waals surface area contributed by atoms with E-state index < -0.39 is 14.8 Å². The molecule has 0 heterocycles. The summed E-state index contributed by atoms with van der Waals surface area (Å²) in [4.78, 5) is 0. The van der Waals surface area contributed by atoms with Crippen molar-refractivity contribution in [2.24, 2.45) is 0 Å². The Balaban J connectivity index is 0. The average molecular weight is 133 g/mol. The first-order valence-electron chi connectivity index (χ1n) is 0.597. The molecule has 0 radical (unpaired) electrons. The van der Waals surface area contributed by atoms with Crippen molar-refractivity contribution in [2.75, 3.05) is 0 Å². The van der Waals surface area contributed by atoms with Crippen LogP contribution in [0, 0.1) is 0 Å². The van der Waals surface area contributed by atoms with Crippen molar-refractivity contribution in [2.45, 2.75) is 0 Å². The molecule has 31 valence electrons. The third-order valence-electron chi connectivity index (χ3n) is 0. The zero-order valence-corrected chi connectivity index (χ0v) is 4.90. The van der Waals surface area contributed by atoms with Gasteiger partial charge < -0.3 is 4.46 Å². The van der Waals surface area contributed by atoms with Gasteiger partial charge in [-0.2, -0.15) is 0 Å². The van der Waals surface area contributed by atoms with E-state index >= 15 is 0 Å². The molecule has 0 atom stereocenters. The van der Waals surface area contributed by atoms with Gasteiger partial charge >= 0.3 is 22.5 Å². The second kappa shape index (κ2) is 31.5. The Morgan fingerprint density at radius 1 is 1.20 bits per heavy atom. The van der Waals surface area contributed by atoms with E-state index in [1.165, 1.54) is 0 Å². The van der Waals surface area contributed by atoms with Crippen LogP contribution in [0.25, 0.3) is 0 Å². The molecule has 0 bridgehead atoms. The van der Waals surface area contributed by atoms with Crippen LogP contribution in [-0.4, -0.2) is 10.1 Å². The predicted molar refractivity (Wildman–Crippen MR) is 10.6 cm³/mol. The molecule has 0 aliphatic heterocycles. The van der Waals surface area contributed by atoms with Crippen molar-refractivity contribution >= 4 is 10.1 Å². The van der Waals surface area contributed by atoms with E-state index in [9.17, 15) is 0 Å². The normalized spacial score (nSPS) is 3.20. The molecule has 0 unspecified atom stereocenters. The van der Waals surface area contributed by atoms with Gasteiger partial charge in [-0.1, -0.05) is 0 Å². The second-order valence-electron chi connectivity index (χ2n) is 0.0630. The quantitative estimate of drug-likeness (QED) is 0.387.